The van der Waals surface area contributed by atoms with Gasteiger partial charge in [0.15, 0.2) is 5.82 Å². The fourth-order valence-electron chi connectivity index (χ4n) is 1.81. The van der Waals surface area contributed by atoms with Crippen LogP contribution in [0.25, 0.3) is 0 Å². The molecule has 0 fully saturated rings. The van der Waals surface area contributed by atoms with Crippen LogP contribution in [0.2, 0.25) is 0 Å². The van der Waals surface area contributed by atoms with Gasteiger partial charge in [-0.05, 0) is 25.8 Å². The summed E-state index contributed by atoms with van der Waals surface area (Å²) in [6, 6.07) is 8.72. The highest BCUT2D eigenvalue weighted by atomic mass is 15.3. The molecule has 20 heavy (non-hydrogen) atoms. The molecular formula is C15H21N5. The number of hydrogen-bond acceptors (Lipinski definition) is 5. The third kappa shape index (κ3) is 4.19. The number of rotatable bonds is 6. The van der Waals surface area contributed by atoms with Crippen molar-refractivity contribution < 1.29 is 0 Å². The molecule has 2 N–H and O–H groups in total. The van der Waals surface area contributed by atoms with Crippen molar-refractivity contribution in [1.82, 2.24) is 15.2 Å². The molecule has 5 heteroatoms. The topological polar surface area (TPSA) is 62.7 Å². The predicted octanol–water partition coefficient (Wildman–Crippen LogP) is 3.00. The van der Waals surface area contributed by atoms with Gasteiger partial charge in [0.05, 0.1) is 6.20 Å². The lowest BCUT2D eigenvalue weighted by Gasteiger charge is -2.12. The Morgan fingerprint density at radius 1 is 1.30 bits per heavy atom. The molecular weight excluding hydrogens is 250 g/mol. The van der Waals surface area contributed by atoms with Crippen LogP contribution in [-0.2, 0) is 6.54 Å². The standard InChI is InChI=1S/C15H21N5/c1-4-12(3)18-14-10-17-20-15(19-14)16-9-13-7-5-6-11(2)8-13/h5-8,10,12H,4,9H2,1-3H3,(H2,16,18,19,20). The Balaban J connectivity index is 1.97. The van der Waals surface area contributed by atoms with Crippen LogP contribution in [0.5, 0.6) is 0 Å². The molecule has 5 nitrogen and oxygen atoms in total. The van der Waals surface area contributed by atoms with Gasteiger partial charge in [-0.25, -0.2) is 0 Å². The van der Waals surface area contributed by atoms with E-state index >= 15 is 0 Å². The van der Waals surface area contributed by atoms with E-state index in [4.69, 9.17) is 0 Å². The van der Waals surface area contributed by atoms with Gasteiger partial charge in [0.2, 0.25) is 5.95 Å². The second kappa shape index (κ2) is 6.84. The molecule has 0 aliphatic heterocycles. The SMILES string of the molecule is CCC(C)Nc1cnnc(NCc2cccc(C)c2)n1. The van der Waals surface area contributed by atoms with E-state index in [-0.39, 0.29) is 0 Å². The van der Waals surface area contributed by atoms with Gasteiger partial charge in [0.1, 0.15) is 0 Å². The maximum atomic E-state index is 4.40. The number of aromatic nitrogens is 3. The second-order valence-corrected chi connectivity index (χ2v) is 4.96. The van der Waals surface area contributed by atoms with E-state index in [1.54, 1.807) is 6.20 Å². The Morgan fingerprint density at radius 3 is 2.90 bits per heavy atom. The summed E-state index contributed by atoms with van der Waals surface area (Å²) in [5, 5.41) is 14.4. The van der Waals surface area contributed by atoms with Crippen LogP contribution < -0.4 is 10.6 Å². The van der Waals surface area contributed by atoms with Crippen molar-refractivity contribution in [2.75, 3.05) is 10.6 Å². The molecule has 0 saturated heterocycles. The molecule has 0 bridgehead atoms. The summed E-state index contributed by atoms with van der Waals surface area (Å²) >= 11 is 0. The summed E-state index contributed by atoms with van der Waals surface area (Å²) < 4.78 is 0. The van der Waals surface area contributed by atoms with Crippen LogP contribution in [0, 0.1) is 6.92 Å². The van der Waals surface area contributed by atoms with Gasteiger partial charge in [0.25, 0.3) is 0 Å². The monoisotopic (exact) mass is 271 g/mol. The quantitative estimate of drug-likeness (QED) is 0.845. The minimum Gasteiger partial charge on any atom is -0.366 e. The largest absolute Gasteiger partial charge is 0.366 e. The van der Waals surface area contributed by atoms with Gasteiger partial charge in [-0.1, -0.05) is 36.8 Å². The Morgan fingerprint density at radius 2 is 2.15 bits per heavy atom. The van der Waals surface area contributed by atoms with E-state index in [0.29, 0.717) is 18.5 Å². The molecule has 106 valence electrons. The van der Waals surface area contributed by atoms with Crippen molar-refractivity contribution in [3.8, 4) is 0 Å². The molecule has 0 radical (unpaired) electrons. The Labute approximate surface area is 119 Å². The molecule has 0 spiro atoms. The van der Waals surface area contributed by atoms with Crippen molar-refractivity contribution in [2.24, 2.45) is 0 Å². The lowest BCUT2D eigenvalue weighted by molar-refractivity contribution is 0.755. The number of nitrogens with one attached hydrogen (secondary N) is 2. The molecule has 1 unspecified atom stereocenters. The molecule has 0 aliphatic carbocycles. The minimum absolute atomic E-state index is 0.372. The highest BCUT2D eigenvalue weighted by Gasteiger charge is 2.03. The molecule has 2 aromatic rings. The molecule has 1 atom stereocenters. The first-order valence-electron chi connectivity index (χ1n) is 6.93. The third-order valence-electron chi connectivity index (χ3n) is 3.10. The van der Waals surface area contributed by atoms with Gasteiger partial charge in [-0.15, -0.1) is 5.10 Å². The summed E-state index contributed by atoms with van der Waals surface area (Å²) in [4.78, 5) is 4.40. The number of benzene rings is 1. The zero-order valence-corrected chi connectivity index (χ0v) is 12.2. The van der Waals surface area contributed by atoms with Crippen molar-refractivity contribution in [1.29, 1.82) is 0 Å². The maximum absolute atomic E-state index is 4.40. The fraction of sp³-hybridized carbons (Fsp3) is 0.400. The van der Waals surface area contributed by atoms with Crippen LogP contribution in [0.4, 0.5) is 11.8 Å². The van der Waals surface area contributed by atoms with Gasteiger partial charge in [0, 0.05) is 12.6 Å². The smallest absolute Gasteiger partial charge is 0.244 e. The highest BCUT2D eigenvalue weighted by Crippen LogP contribution is 2.09. The Bertz CT molecular complexity index is 555. The fourth-order valence-corrected chi connectivity index (χ4v) is 1.81. The van der Waals surface area contributed by atoms with Crippen molar-refractivity contribution >= 4 is 11.8 Å². The van der Waals surface area contributed by atoms with Gasteiger partial charge >= 0.3 is 0 Å². The maximum Gasteiger partial charge on any atom is 0.244 e. The first-order chi connectivity index (χ1) is 9.67. The lowest BCUT2D eigenvalue weighted by atomic mass is 10.1. The summed E-state index contributed by atoms with van der Waals surface area (Å²) in [6.45, 7) is 7.01. The average Bonchev–Trinajstić information content (AvgIpc) is 2.45. The van der Waals surface area contributed by atoms with Crippen LogP contribution in [-0.4, -0.2) is 21.2 Å². The summed E-state index contributed by atoms with van der Waals surface area (Å²) in [5.41, 5.74) is 2.45. The van der Waals surface area contributed by atoms with E-state index < -0.39 is 0 Å². The number of aryl methyl sites for hydroxylation is 1. The van der Waals surface area contributed by atoms with Crippen LogP contribution in [0.15, 0.2) is 30.5 Å². The van der Waals surface area contributed by atoms with Crippen molar-refractivity contribution in [3.05, 3.63) is 41.6 Å². The summed E-state index contributed by atoms with van der Waals surface area (Å²) in [5.74, 6) is 1.29. The zero-order chi connectivity index (χ0) is 14.4. The van der Waals surface area contributed by atoms with E-state index in [1.165, 1.54) is 11.1 Å². The van der Waals surface area contributed by atoms with E-state index in [0.717, 1.165) is 12.2 Å². The first-order valence-corrected chi connectivity index (χ1v) is 6.93. The normalized spacial score (nSPS) is 11.9. The first kappa shape index (κ1) is 14.2. The van der Waals surface area contributed by atoms with Crippen molar-refractivity contribution in [2.45, 2.75) is 39.8 Å². The van der Waals surface area contributed by atoms with E-state index in [1.807, 2.05) is 6.07 Å². The Kier molecular flexibility index (Phi) is 4.87. The van der Waals surface area contributed by atoms with Gasteiger partial charge in [-0.3, -0.25) is 0 Å². The van der Waals surface area contributed by atoms with Gasteiger partial charge in [-0.2, -0.15) is 10.1 Å². The van der Waals surface area contributed by atoms with Crippen molar-refractivity contribution in [3.63, 3.8) is 0 Å². The number of hydrogen-bond donors (Lipinski definition) is 2. The molecule has 1 heterocycles. The number of nitrogens with zero attached hydrogens (tertiary/aromatic N) is 3. The van der Waals surface area contributed by atoms with E-state index in [9.17, 15) is 0 Å². The van der Waals surface area contributed by atoms with Gasteiger partial charge < -0.3 is 10.6 Å². The molecule has 1 aromatic heterocycles. The molecule has 0 aliphatic rings. The van der Waals surface area contributed by atoms with Crippen LogP contribution in [0.3, 0.4) is 0 Å². The van der Waals surface area contributed by atoms with Crippen LogP contribution >= 0.6 is 0 Å². The predicted molar refractivity (Wildman–Crippen MR) is 81.7 cm³/mol. The molecule has 0 saturated carbocycles. The minimum atomic E-state index is 0.372. The average molecular weight is 271 g/mol. The van der Waals surface area contributed by atoms with Crippen LogP contribution in [0.1, 0.15) is 31.4 Å². The highest BCUT2D eigenvalue weighted by molar-refractivity contribution is 5.38. The zero-order valence-electron chi connectivity index (χ0n) is 12.2. The van der Waals surface area contributed by atoms with E-state index in [2.05, 4.69) is 64.8 Å². The molecule has 0 amide bonds. The molecule has 1 aromatic carbocycles. The third-order valence-corrected chi connectivity index (χ3v) is 3.10. The second-order valence-electron chi connectivity index (χ2n) is 4.96. The summed E-state index contributed by atoms with van der Waals surface area (Å²) in [7, 11) is 0. The lowest BCUT2D eigenvalue weighted by Crippen LogP contribution is -2.16. The number of anilines is 2. The summed E-state index contributed by atoms with van der Waals surface area (Å²) in [6.07, 6.45) is 2.68. The molecule has 2 rings (SSSR count). The Hall–Kier alpha value is -2.17.